The Morgan fingerprint density at radius 3 is 2.00 bits per heavy atom. The van der Waals surface area contributed by atoms with Gasteiger partial charge in [0.2, 0.25) is 0 Å². The molecule has 0 saturated carbocycles. The molecule has 3 heteroatoms. The van der Waals surface area contributed by atoms with Crippen molar-refractivity contribution in [1.82, 2.24) is 0 Å². The first-order valence-corrected chi connectivity index (χ1v) is 3.65. The molecule has 13 heavy (non-hydrogen) atoms. The molecule has 0 aliphatic heterocycles. The number of carboxylic acid groups (broad SMARTS) is 1. The highest BCUT2D eigenvalue weighted by atomic mass is 16.4. The Morgan fingerprint density at radius 2 is 1.62 bits per heavy atom. The molecule has 1 aromatic carbocycles. The van der Waals surface area contributed by atoms with Crippen LogP contribution in [0.5, 0.6) is 0 Å². The number of ketones is 1. The molecule has 0 spiro atoms. The molecular weight excluding hydrogens is 168 g/mol. The Kier molecular flexibility index (Phi) is 2.59. The molecular formula is C10H8O3. The highest BCUT2D eigenvalue weighted by Crippen LogP contribution is 2.05. The summed E-state index contributed by atoms with van der Waals surface area (Å²) in [4.78, 5) is 21.5. The second kappa shape index (κ2) is 3.67. The van der Waals surface area contributed by atoms with Crippen LogP contribution < -0.4 is 0 Å². The van der Waals surface area contributed by atoms with Crippen molar-refractivity contribution in [3.8, 4) is 0 Å². The Morgan fingerprint density at radius 1 is 1.15 bits per heavy atom. The summed E-state index contributed by atoms with van der Waals surface area (Å²) in [5, 5.41) is 8.57. The number of carboxylic acids is 1. The first kappa shape index (κ1) is 9.19. The largest absolute Gasteiger partial charge is 0.478 e. The summed E-state index contributed by atoms with van der Waals surface area (Å²) in [6.45, 7) is 3.33. The Hall–Kier alpha value is -1.90. The summed E-state index contributed by atoms with van der Waals surface area (Å²) in [5.74, 6) is -1.21. The van der Waals surface area contributed by atoms with Gasteiger partial charge >= 0.3 is 5.97 Å². The molecule has 0 amide bonds. The third kappa shape index (κ3) is 2.02. The van der Waals surface area contributed by atoms with Gasteiger partial charge in [-0.25, -0.2) is 4.79 Å². The Labute approximate surface area is 75.3 Å². The van der Waals surface area contributed by atoms with Gasteiger partial charge in [-0.15, -0.1) is 0 Å². The summed E-state index contributed by atoms with van der Waals surface area (Å²) in [7, 11) is 0. The summed E-state index contributed by atoms with van der Waals surface area (Å²) in [6, 6.07) is 5.71. The molecule has 0 heterocycles. The van der Waals surface area contributed by atoms with Crippen LogP contribution >= 0.6 is 0 Å². The molecule has 0 saturated heterocycles. The minimum absolute atomic E-state index is 0.167. The molecule has 0 fully saturated rings. The molecule has 1 N–H and O–H groups in total. The van der Waals surface area contributed by atoms with Gasteiger partial charge in [0.25, 0.3) is 0 Å². The molecule has 0 aliphatic carbocycles. The van der Waals surface area contributed by atoms with E-state index in [0.29, 0.717) is 5.56 Å². The molecule has 3 nitrogen and oxygen atoms in total. The Bertz CT molecular complexity index is 349. The van der Waals surface area contributed by atoms with Gasteiger partial charge in [-0.2, -0.15) is 0 Å². The standard InChI is InChI=1S/C10H8O3/c1-2-9(11)7-3-5-8(6-4-7)10(12)13/h2-6H,1H2,(H,12,13). The van der Waals surface area contributed by atoms with Crippen molar-refractivity contribution in [2.45, 2.75) is 0 Å². The van der Waals surface area contributed by atoms with Gasteiger partial charge in [0.1, 0.15) is 0 Å². The Balaban J connectivity index is 3.00. The minimum atomic E-state index is -1.00. The predicted octanol–water partition coefficient (Wildman–Crippen LogP) is 1.75. The smallest absolute Gasteiger partial charge is 0.335 e. The summed E-state index contributed by atoms with van der Waals surface area (Å²) in [5.41, 5.74) is 0.612. The third-order valence-electron chi connectivity index (χ3n) is 1.60. The lowest BCUT2D eigenvalue weighted by Gasteiger charge is -1.96. The van der Waals surface area contributed by atoms with E-state index >= 15 is 0 Å². The maximum atomic E-state index is 11.0. The summed E-state index contributed by atoms with van der Waals surface area (Å²) >= 11 is 0. The van der Waals surface area contributed by atoms with Gasteiger partial charge in [0.15, 0.2) is 5.78 Å². The zero-order chi connectivity index (χ0) is 9.84. The zero-order valence-corrected chi connectivity index (χ0v) is 6.86. The highest BCUT2D eigenvalue weighted by Gasteiger charge is 2.04. The normalized spacial score (nSPS) is 9.23. The number of hydrogen-bond donors (Lipinski definition) is 1. The summed E-state index contributed by atoms with van der Waals surface area (Å²) < 4.78 is 0. The van der Waals surface area contributed by atoms with Crippen LogP contribution in [0.4, 0.5) is 0 Å². The van der Waals surface area contributed by atoms with E-state index in [4.69, 9.17) is 5.11 Å². The fourth-order valence-corrected chi connectivity index (χ4v) is 0.895. The van der Waals surface area contributed by atoms with Gasteiger partial charge in [0.05, 0.1) is 5.56 Å². The van der Waals surface area contributed by atoms with Crippen molar-refractivity contribution in [3.63, 3.8) is 0 Å². The van der Waals surface area contributed by atoms with Crippen LogP contribution in [0.15, 0.2) is 36.9 Å². The fourth-order valence-electron chi connectivity index (χ4n) is 0.895. The number of hydrogen-bond acceptors (Lipinski definition) is 2. The molecule has 1 aromatic rings. The average Bonchev–Trinajstić information content (AvgIpc) is 2.17. The lowest BCUT2D eigenvalue weighted by molar-refractivity contribution is 0.0696. The molecule has 0 radical (unpaired) electrons. The van der Waals surface area contributed by atoms with Crippen molar-refractivity contribution >= 4 is 11.8 Å². The van der Waals surface area contributed by atoms with E-state index in [0.717, 1.165) is 0 Å². The van der Waals surface area contributed by atoms with E-state index < -0.39 is 5.97 Å². The van der Waals surface area contributed by atoms with Crippen LogP contribution in [0.1, 0.15) is 20.7 Å². The first-order chi connectivity index (χ1) is 6.15. The van der Waals surface area contributed by atoms with Gasteiger partial charge in [-0.1, -0.05) is 18.7 Å². The van der Waals surface area contributed by atoms with E-state index in [9.17, 15) is 9.59 Å². The number of rotatable bonds is 3. The van der Waals surface area contributed by atoms with E-state index in [-0.39, 0.29) is 11.3 Å². The predicted molar refractivity (Wildman–Crippen MR) is 47.9 cm³/mol. The van der Waals surface area contributed by atoms with Crippen LogP contribution in [0.25, 0.3) is 0 Å². The van der Waals surface area contributed by atoms with Gasteiger partial charge < -0.3 is 5.11 Å². The monoisotopic (exact) mass is 176 g/mol. The van der Waals surface area contributed by atoms with Gasteiger partial charge in [0, 0.05) is 5.56 Å². The minimum Gasteiger partial charge on any atom is -0.478 e. The van der Waals surface area contributed by atoms with E-state index in [2.05, 4.69) is 6.58 Å². The van der Waals surface area contributed by atoms with Crippen LogP contribution in [0, 0.1) is 0 Å². The van der Waals surface area contributed by atoms with Crippen LogP contribution in [-0.4, -0.2) is 16.9 Å². The summed E-state index contributed by atoms with van der Waals surface area (Å²) in [6.07, 6.45) is 1.19. The molecule has 0 bridgehead atoms. The fraction of sp³-hybridized carbons (Fsp3) is 0. The van der Waals surface area contributed by atoms with Gasteiger partial charge in [-0.3, -0.25) is 4.79 Å². The van der Waals surface area contributed by atoms with Gasteiger partial charge in [-0.05, 0) is 18.2 Å². The third-order valence-corrected chi connectivity index (χ3v) is 1.60. The van der Waals surface area contributed by atoms with E-state index in [1.165, 1.54) is 30.3 Å². The van der Waals surface area contributed by atoms with Crippen molar-refractivity contribution in [2.24, 2.45) is 0 Å². The van der Waals surface area contributed by atoms with Crippen LogP contribution in [-0.2, 0) is 0 Å². The van der Waals surface area contributed by atoms with Crippen molar-refractivity contribution < 1.29 is 14.7 Å². The zero-order valence-electron chi connectivity index (χ0n) is 6.86. The maximum absolute atomic E-state index is 11.0. The molecule has 0 aliphatic rings. The molecule has 0 aromatic heterocycles. The first-order valence-electron chi connectivity index (χ1n) is 3.65. The van der Waals surface area contributed by atoms with Crippen molar-refractivity contribution in [2.75, 3.05) is 0 Å². The number of carbonyl (C=O) groups is 2. The van der Waals surface area contributed by atoms with Crippen molar-refractivity contribution in [3.05, 3.63) is 48.0 Å². The van der Waals surface area contributed by atoms with Crippen LogP contribution in [0.2, 0.25) is 0 Å². The second-order valence-electron chi connectivity index (χ2n) is 2.45. The highest BCUT2D eigenvalue weighted by molar-refractivity contribution is 6.04. The molecule has 1 rings (SSSR count). The average molecular weight is 176 g/mol. The number of carbonyl (C=O) groups excluding carboxylic acids is 1. The van der Waals surface area contributed by atoms with E-state index in [1.54, 1.807) is 0 Å². The SMILES string of the molecule is C=CC(=O)c1ccc(C(=O)O)cc1. The second-order valence-corrected chi connectivity index (χ2v) is 2.45. The maximum Gasteiger partial charge on any atom is 0.335 e. The van der Waals surface area contributed by atoms with E-state index in [1.807, 2.05) is 0 Å². The molecule has 0 atom stereocenters. The molecule has 0 unspecified atom stereocenters. The lowest BCUT2D eigenvalue weighted by atomic mass is 10.1. The number of benzene rings is 1. The van der Waals surface area contributed by atoms with Crippen LogP contribution in [0.3, 0.4) is 0 Å². The molecule has 66 valence electrons. The topological polar surface area (TPSA) is 54.4 Å². The lowest BCUT2D eigenvalue weighted by Crippen LogP contribution is -1.98. The van der Waals surface area contributed by atoms with Crippen molar-refractivity contribution in [1.29, 1.82) is 0 Å². The number of aromatic carboxylic acids is 1. The number of allylic oxidation sites excluding steroid dienone is 1. The quantitative estimate of drug-likeness (QED) is 0.563.